The lowest BCUT2D eigenvalue weighted by Crippen LogP contribution is -2.29. The summed E-state index contributed by atoms with van der Waals surface area (Å²) in [7, 11) is 0. The van der Waals surface area contributed by atoms with Crippen LogP contribution in [0.5, 0.6) is 5.75 Å². The topological polar surface area (TPSA) is 46.6 Å². The number of anilines is 1. The second-order valence-electron chi connectivity index (χ2n) is 5.73. The van der Waals surface area contributed by atoms with Crippen LogP contribution in [0.2, 0.25) is 0 Å². The predicted octanol–water partition coefficient (Wildman–Crippen LogP) is 4.07. The van der Waals surface area contributed by atoms with Crippen molar-refractivity contribution in [2.24, 2.45) is 0 Å². The molecule has 1 aliphatic heterocycles. The minimum Gasteiger partial charge on any atom is -0.487 e. The highest BCUT2D eigenvalue weighted by Gasteiger charge is 2.37. The third kappa shape index (κ3) is 2.68. The lowest BCUT2D eigenvalue weighted by atomic mass is 10.1. The summed E-state index contributed by atoms with van der Waals surface area (Å²) in [6, 6.07) is 23.7. The number of hydrogen-bond acceptors (Lipinski definition) is 3. The van der Waals surface area contributed by atoms with Crippen molar-refractivity contribution >= 4 is 17.5 Å². The van der Waals surface area contributed by atoms with Crippen LogP contribution >= 0.6 is 0 Å². The van der Waals surface area contributed by atoms with Gasteiger partial charge in [0.1, 0.15) is 12.4 Å². The van der Waals surface area contributed by atoms with Gasteiger partial charge in [-0.15, -0.1) is 0 Å². The van der Waals surface area contributed by atoms with Gasteiger partial charge >= 0.3 is 0 Å². The Hall–Kier alpha value is -3.40. The quantitative estimate of drug-likeness (QED) is 0.678. The summed E-state index contributed by atoms with van der Waals surface area (Å²) in [6.45, 7) is 0.362. The van der Waals surface area contributed by atoms with E-state index in [-0.39, 0.29) is 11.8 Å². The van der Waals surface area contributed by atoms with Gasteiger partial charge in [0.2, 0.25) is 0 Å². The Bertz CT molecular complexity index is 915. The molecule has 0 fully saturated rings. The van der Waals surface area contributed by atoms with E-state index in [0.717, 1.165) is 5.56 Å². The number of hydrogen-bond donors (Lipinski definition) is 0. The summed E-state index contributed by atoms with van der Waals surface area (Å²) >= 11 is 0. The monoisotopic (exact) mass is 329 g/mol. The largest absolute Gasteiger partial charge is 0.487 e. The molecule has 122 valence electrons. The number of carbonyl (C=O) groups is 2. The predicted molar refractivity (Wildman–Crippen MR) is 94.8 cm³/mol. The molecule has 0 radical (unpaired) electrons. The summed E-state index contributed by atoms with van der Waals surface area (Å²) in [5.41, 5.74) is 2.32. The molecule has 0 spiro atoms. The molecule has 0 N–H and O–H groups in total. The Balaban J connectivity index is 1.66. The average Bonchev–Trinajstić information content (AvgIpc) is 2.92. The summed E-state index contributed by atoms with van der Waals surface area (Å²) in [5.74, 6) is -0.145. The molecule has 0 saturated heterocycles. The number of benzene rings is 3. The normalized spacial score (nSPS) is 13.0. The Morgan fingerprint density at radius 2 is 1.24 bits per heavy atom. The van der Waals surface area contributed by atoms with Crippen LogP contribution in [0.4, 0.5) is 5.69 Å². The fraction of sp³-hybridized carbons (Fsp3) is 0.0476. The van der Waals surface area contributed by atoms with Crippen molar-refractivity contribution in [3.05, 3.63) is 95.6 Å². The molecule has 3 aromatic carbocycles. The number of imide groups is 1. The van der Waals surface area contributed by atoms with Gasteiger partial charge in [-0.1, -0.05) is 54.6 Å². The third-order valence-corrected chi connectivity index (χ3v) is 4.14. The first-order valence-corrected chi connectivity index (χ1v) is 7.99. The average molecular weight is 329 g/mol. The molecule has 1 aliphatic rings. The van der Waals surface area contributed by atoms with Crippen molar-refractivity contribution < 1.29 is 14.3 Å². The van der Waals surface area contributed by atoms with Crippen LogP contribution in [0.15, 0.2) is 78.9 Å². The van der Waals surface area contributed by atoms with Crippen molar-refractivity contribution in [1.82, 2.24) is 0 Å². The molecule has 1 heterocycles. The van der Waals surface area contributed by atoms with E-state index in [9.17, 15) is 9.59 Å². The number of ether oxygens (including phenoxy) is 1. The maximum absolute atomic E-state index is 12.7. The van der Waals surface area contributed by atoms with Gasteiger partial charge in [-0.25, -0.2) is 4.90 Å². The number of nitrogens with zero attached hydrogens (tertiary/aromatic N) is 1. The first kappa shape index (κ1) is 15.1. The molecule has 4 heteroatoms. The highest BCUT2D eigenvalue weighted by atomic mass is 16.5. The Morgan fingerprint density at radius 3 is 1.92 bits per heavy atom. The third-order valence-electron chi connectivity index (χ3n) is 4.14. The SMILES string of the molecule is O=C1c2ccccc2C(=O)N1c1ccccc1OCc1ccccc1. The van der Waals surface area contributed by atoms with E-state index >= 15 is 0 Å². The maximum Gasteiger partial charge on any atom is 0.266 e. The van der Waals surface area contributed by atoms with Crippen LogP contribution < -0.4 is 9.64 Å². The van der Waals surface area contributed by atoms with Gasteiger partial charge in [-0.3, -0.25) is 9.59 Å². The first-order valence-electron chi connectivity index (χ1n) is 7.99. The van der Waals surface area contributed by atoms with Crippen LogP contribution in [-0.2, 0) is 6.61 Å². The van der Waals surface area contributed by atoms with Crippen LogP contribution in [0.1, 0.15) is 26.3 Å². The Labute approximate surface area is 145 Å². The number of para-hydroxylation sites is 2. The van der Waals surface area contributed by atoms with Crippen LogP contribution in [0, 0.1) is 0 Å². The summed E-state index contributed by atoms with van der Waals surface area (Å²) in [4.78, 5) is 26.6. The Morgan fingerprint density at radius 1 is 0.680 bits per heavy atom. The second kappa shape index (κ2) is 6.24. The number of carbonyl (C=O) groups excluding carboxylic acids is 2. The van der Waals surface area contributed by atoms with Crippen molar-refractivity contribution in [3.63, 3.8) is 0 Å². The number of amides is 2. The van der Waals surface area contributed by atoms with Crippen LogP contribution in [0.3, 0.4) is 0 Å². The summed E-state index contributed by atoms with van der Waals surface area (Å²) in [5, 5.41) is 0. The van der Waals surface area contributed by atoms with Gasteiger partial charge in [0.25, 0.3) is 11.8 Å². The zero-order valence-corrected chi connectivity index (χ0v) is 13.4. The minimum atomic E-state index is -0.323. The summed E-state index contributed by atoms with van der Waals surface area (Å²) < 4.78 is 5.88. The molecular formula is C21H15NO3. The van der Waals surface area contributed by atoms with E-state index in [1.54, 1.807) is 42.5 Å². The zero-order chi connectivity index (χ0) is 17.2. The molecule has 0 aliphatic carbocycles. The Kier molecular flexibility index (Phi) is 3.78. The molecule has 0 bridgehead atoms. The lowest BCUT2D eigenvalue weighted by molar-refractivity contribution is 0.0924. The standard InChI is InChI=1S/C21H15NO3/c23-20-16-10-4-5-11-17(16)21(24)22(20)18-12-6-7-13-19(18)25-14-15-8-2-1-3-9-15/h1-13H,14H2. The molecular weight excluding hydrogens is 314 g/mol. The molecule has 0 saturated carbocycles. The van der Waals surface area contributed by atoms with Gasteiger partial charge in [0.05, 0.1) is 16.8 Å². The van der Waals surface area contributed by atoms with E-state index < -0.39 is 0 Å². The van der Waals surface area contributed by atoms with Gasteiger partial charge in [0, 0.05) is 0 Å². The van der Waals surface area contributed by atoms with Gasteiger partial charge in [-0.2, -0.15) is 0 Å². The van der Waals surface area contributed by atoms with E-state index in [1.807, 2.05) is 36.4 Å². The number of fused-ring (bicyclic) bond motifs is 1. The number of rotatable bonds is 4. The van der Waals surface area contributed by atoms with Crippen molar-refractivity contribution in [3.8, 4) is 5.75 Å². The molecule has 25 heavy (non-hydrogen) atoms. The smallest absolute Gasteiger partial charge is 0.266 e. The fourth-order valence-electron chi connectivity index (χ4n) is 2.91. The second-order valence-corrected chi connectivity index (χ2v) is 5.73. The lowest BCUT2D eigenvalue weighted by Gasteiger charge is -2.18. The van der Waals surface area contributed by atoms with Gasteiger partial charge < -0.3 is 4.74 Å². The van der Waals surface area contributed by atoms with Gasteiger partial charge in [0.15, 0.2) is 0 Å². The van der Waals surface area contributed by atoms with E-state index in [2.05, 4.69) is 0 Å². The van der Waals surface area contributed by atoms with Gasteiger partial charge in [-0.05, 0) is 29.8 Å². The van der Waals surface area contributed by atoms with Crippen LogP contribution in [-0.4, -0.2) is 11.8 Å². The summed E-state index contributed by atoms with van der Waals surface area (Å²) in [6.07, 6.45) is 0. The molecule has 3 aromatic rings. The highest BCUT2D eigenvalue weighted by Crippen LogP contribution is 2.35. The van der Waals surface area contributed by atoms with Crippen LogP contribution in [0.25, 0.3) is 0 Å². The zero-order valence-electron chi connectivity index (χ0n) is 13.4. The highest BCUT2D eigenvalue weighted by molar-refractivity contribution is 6.34. The molecule has 4 nitrogen and oxygen atoms in total. The molecule has 0 aromatic heterocycles. The van der Waals surface area contributed by atoms with Crippen molar-refractivity contribution in [1.29, 1.82) is 0 Å². The minimum absolute atomic E-state index is 0.323. The van der Waals surface area contributed by atoms with Crippen molar-refractivity contribution in [2.45, 2.75) is 6.61 Å². The van der Waals surface area contributed by atoms with E-state index in [4.69, 9.17) is 4.74 Å². The fourth-order valence-corrected chi connectivity index (χ4v) is 2.91. The van der Waals surface area contributed by atoms with E-state index in [0.29, 0.717) is 29.2 Å². The van der Waals surface area contributed by atoms with Crippen molar-refractivity contribution in [2.75, 3.05) is 4.90 Å². The van der Waals surface area contributed by atoms with E-state index in [1.165, 1.54) is 4.90 Å². The maximum atomic E-state index is 12.7. The molecule has 2 amide bonds. The first-order chi connectivity index (χ1) is 12.3. The molecule has 0 unspecified atom stereocenters. The molecule has 4 rings (SSSR count). The molecule has 0 atom stereocenters.